The molecule has 6 heteroatoms. The highest BCUT2D eigenvalue weighted by atomic mass is 35.5. The number of hydrogen-bond acceptors (Lipinski definition) is 4. The van der Waals surface area contributed by atoms with Gasteiger partial charge in [0.25, 0.3) is 0 Å². The van der Waals surface area contributed by atoms with Crippen molar-refractivity contribution in [2.75, 3.05) is 11.9 Å². The van der Waals surface area contributed by atoms with E-state index in [0.717, 1.165) is 30.7 Å². The van der Waals surface area contributed by atoms with Gasteiger partial charge in [0.1, 0.15) is 5.75 Å². The van der Waals surface area contributed by atoms with Gasteiger partial charge in [0.15, 0.2) is 5.78 Å². The molecule has 0 aromatic heterocycles. The van der Waals surface area contributed by atoms with Gasteiger partial charge < -0.3 is 16.2 Å². The van der Waals surface area contributed by atoms with Crippen molar-refractivity contribution >= 4 is 29.5 Å². The largest absolute Gasteiger partial charge is 0.506 e. The van der Waals surface area contributed by atoms with Crippen LogP contribution >= 0.6 is 11.6 Å². The van der Waals surface area contributed by atoms with Crippen LogP contribution in [0.4, 0.5) is 5.69 Å². The molecular weight excluding hydrogens is 376 g/mol. The van der Waals surface area contributed by atoms with E-state index < -0.39 is 0 Å². The number of carbonyl (C=O) groups excluding carboxylic acids is 2. The summed E-state index contributed by atoms with van der Waals surface area (Å²) in [5, 5.41) is 12.9. The Morgan fingerprint density at radius 2 is 2.00 bits per heavy atom. The molecule has 1 aliphatic rings. The molecule has 0 saturated heterocycles. The average molecular weight is 401 g/mol. The number of nitrogens with two attached hydrogens (primary N) is 1. The van der Waals surface area contributed by atoms with Crippen LogP contribution in [0, 0.1) is 5.92 Å². The lowest BCUT2D eigenvalue weighted by Gasteiger charge is -2.40. The standard InChI is InChI=1S/C22H25ClN2O3/c23-18-3-1-2-17(12-18)22(13-24)8-6-15(7-9-22)10-21(28)16-4-5-20(27)19(11-16)25-14-26/h1-5,11-12,14-15,27H,6-10,13,24H2,(H,25,26). The zero-order valence-electron chi connectivity index (χ0n) is 15.7. The van der Waals surface area contributed by atoms with Crippen molar-refractivity contribution in [2.45, 2.75) is 37.5 Å². The molecule has 1 saturated carbocycles. The first-order valence-electron chi connectivity index (χ1n) is 9.50. The van der Waals surface area contributed by atoms with Crippen molar-refractivity contribution in [2.24, 2.45) is 11.7 Å². The highest BCUT2D eigenvalue weighted by molar-refractivity contribution is 6.30. The second-order valence-corrected chi connectivity index (χ2v) is 8.00. The molecular formula is C22H25ClN2O3. The summed E-state index contributed by atoms with van der Waals surface area (Å²) in [6, 6.07) is 12.4. The van der Waals surface area contributed by atoms with Gasteiger partial charge in [-0.3, -0.25) is 9.59 Å². The van der Waals surface area contributed by atoms with Gasteiger partial charge in [-0.2, -0.15) is 0 Å². The number of nitrogens with one attached hydrogen (secondary N) is 1. The normalized spacial score (nSPS) is 21.9. The number of phenolic OH excluding ortho intramolecular Hbond substituents is 1. The topological polar surface area (TPSA) is 92.4 Å². The van der Waals surface area contributed by atoms with E-state index in [0.29, 0.717) is 30.9 Å². The van der Waals surface area contributed by atoms with E-state index in [1.54, 1.807) is 6.07 Å². The van der Waals surface area contributed by atoms with Gasteiger partial charge in [0.05, 0.1) is 5.69 Å². The fourth-order valence-corrected chi connectivity index (χ4v) is 4.32. The Bertz CT molecular complexity index is 861. The first-order chi connectivity index (χ1) is 13.5. The zero-order chi connectivity index (χ0) is 20.1. The third-order valence-corrected chi connectivity index (χ3v) is 6.13. The molecule has 0 unspecified atom stereocenters. The first-order valence-corrected chi connectivity index (χ1v) is 9.88. The van der Waals surface area contributed by atoms with E-state index in [4.69, 9.17) is 17.3 Å². The number of amides is 1. The van der Waals surface area contributed by atoms with Gasteiger partial charge in [0.2, 0.25) is 6.41 Å². The minimum atomic E-state index is -0.0793. The van der Waals surface area contributed by atoms with Crippen molar-refractivity contribution < 1.29 is 14.7 Å². The molecule has 0 aliphatic heterocycles. The molecule has 0 radical (unpaired) electrons. The average Bonchev–Trinajstić information content (AvgIpc) is 2.70. The van der Waals surface area contributed by atoms with Crippen LogP contribution in [-0.4, -0.2) is 23.8 Å². The molecule has 1 fully saturated rings. The monoisotopic (exact) mass is 400 g/mol. The van der Waals surface area contributed by atoms with Gasteiger partial charge >= 0.3 is 0 Å². The highest BCUT2D eigenvalue weighted by Gasteiger charge is 2.36. The maximum absolute atomic E-state index is 12.7. The predicted molar refractivity (Wildman–Crippen MR) is 111 cm³/mol. The van der Waals surface area contributed by atoms with Crippen molar-refractivity contribution in [3.63, 3.8) is 0 Å². The number of aromatic hydroxyl groups is 1. The summed E-state index contributed by atoms with van der Waals surface area (Å²) < 4.78 is 0. The van der Waals surface area contributed by atoms with E-state index in [9.17, 15) is 14.7 Å². The van der Waals surface area contributed by atoms with Crippen LogP contribution in [-0.2, 0) is 10.2 Å². The lowest BCUT2D eigenvalue weighted by atomic mass is 9.66. The molecule has 28 heavy (non-hydrogen) atoms. The third kappa shape index (κ3) is 4.37. The van der Waals surface area contributed by atoms with Crippen molar-refractivity contribution in [1.29, 1.82) is 0 Å². The molecule has 148 valence electrons. The van der Waals surface area contributed by atoms with Crippen LogP contribution < -0.4 is 11.1 Å². The summed E-state index contributed by atoms with van der Waals surface area (Å²) >= 11 is 6.16. The van der Waals surface area contributed by atoms with E-state index >= 15 is 0 Å². The molecule has 2 aromatic carbocycles. The molecule has 2 aromatic rings. The van der Waals surface area contributed by atoms with Crippen LogP contribution in [0.25, 0.3) is 0 Å². The van der Waals surface area contributed by atoms with Gasteiger partial charge in [-0.05, 0) is 67.5 Å². The van der Waals surface area contributed by atoms with Crippen LogP contribution in [0.1, 0.15) is 48.0 Å². The van der Waals surface area contributed by atoms with Crippen LogP contribution in [0.5, 0.6) is 5.75 Å². The first kappa shape index (κ1) is 20.4. The summed E-state index contributed by atoms with van der Waals surface area (Å²) in [6.45, 7) is 0.562. The van der Waals surface area contributed by atoms with E-state index in [1.165, 1.54) is 17.7 Å². The van der Waals surface area contributed by atoms with Gasteiger partial charge in [-0.1, -0.05) is 23.7 Å². The maximum atomic E-state index is 12.7. The number of ketones is 1. The lowest BCUT2D eigenvalue weighted by Crippen LogP contribution is -2.39. The molecule has 1 amide bonds. The smallest absolute Gasteiger partial charge is 0.211 e. The van der Waals surface area contributed by atoms with Gasteiger partial charge in [0, 0.05) is 29.0 Å². The van der Waals surface area contributed by atoms with E-state index in [1.807, 2.05) is 18.2 Å². The van der Waals surface area contributed by atoms with E-state index in [2.05, 4.69) is 11.4 Å². The number of phenols is 1. The minimum absolute atomic E-state index is 0.0157. The Morgan fingerprint density at radius 3 is 2.64 bits per heavy atom. The number of rotatable bonds is 7. The fraction of sp³-hybridized carbons (Fsp3) is 0.364. The number of hydrogen-bond donors (Lipinski definition) is 3. The maximum Gasteiger partial charge on any atom is 0.211 e. The number of anilines is 1. The molecule has 0 heterocycles. The number of carbonyl (C=O) groups is 2. The summed E-state index contributed by atoms with van der Waals surface area (Å²) in [6.07, 6.45) is 4.62. The van der Waals surface area contributed by atoms with Gasteiger partial charge in [-0.25, -0.2) is 0 Å². The molecule has 3 rings (SSSR count). The SMILES string of the molecule is NCC1(c2cccc(Cl)c2)CCC(CC(=O)c2ccc(O)c(NC=O)c2)CC1. The molecule has 5 nitrogen and oxygen atoms in total. The predicted octanol–water partition coefficient (Wildman–Crippen LogP) is 4.27. The van der Waals surface area contributed by atoms with Crippen molar-refractivity contribution in [3.8, 4) is 5.75 Å². The van der Waals surface area contributed by atoms with Gasteiger partial charge in [-0.15, -0.1) is 0 Å². The Kier molecular flexibility index (Phi) is 6.37. The molecule has 1 aliphatic carbocycles. The van der Waals surface area contributed by atoms with Crippen LogP contribution in [0.15, 0.2) is 42.5 Å². The van der Waals surface area contributed by atoms with Crippen molar-refractivity contribution in [3.05, 3.63) is 58.6 Å². The summed E-state index contributed by atoms with van der Waals surface area (Å²) in [5.41, 5.74) is 7.98. The Hall–Kier alpha value is -2.37. The summed E-state index contributed by atoms with van der Waals surface area (Å²) in [5.74, 6) is 0.250. The van der Waals surface area contributed by atoms with Crippen LogP contribution in [0.2, 0.25) is 5.02 Å². The molecule has 0 spiro atoms. The highest BCUT2D eigenvalue weighted by Crippen LogP contribution is 2.42. The fourth-order valence-electron chi connectivity index (χ4n) is 4.13. The molecule has 4 N–H and O–H groups in total. The summed E-state index contributed by atoms with van der Waals surface area (Å²) in [4.78, 5) is 23.3. The Balaban J connectivity index is 1.66. The molecule has 0 atom stereocenters. The second-order valence-electron chi connectivity index (χ2n) is 7.56. The van der Waals surface area contributed by atoms with E-state index in [-0.39, 0.29) is 22.6 Å². The number of halogens is 1. The lowest BCUT2D eigenvalue weighted by molar-refractivity contribution is -0.105. The number of benzene rings is 2. The number of Topliss-reactive ketones (excluding diaryl/α,β-unsaturated/α-hetero) is 1. The quantitative estimate of drug-likeness (QED) is 0.367. The Labute approximate surface area is 169 Å². The molecule has 0 bridgehead atoms. The second kappa shape index (κ2) is 8.76. The third-order valence-electron chi connectivity index (χ3n) is 5.90. The van der Waals surface area contributed by atoms with Crippen molar-refractivity contribution in [1.82, 2.24) is 0 Å². The minimum Gasteiger partial charge on any atom is -0.506 e. The zero-order valence-corrected chi connectivity index (χ0v) is 16.4. The summed E-state index contributed by atoms with van der Waals surface area (Å²) in [7, 11) is 0. The van der Waals surface area contributed by atoms with Crippen LogP contribution in [0.3, 0.4) is 0 Å². The Morgan fingerprint density at radius 1 is 1.25 bits per heavy atom.